The molecule has 0 bridgehead atoms. The molecular formula is C10H19BrO2. The lowest BCUT2D eigenvalue weighted by Crippen LogP contribution is -2.31. The number of carboxylic acids is 1. The monoisotopic (exact) mass is 250 g/mol. The maximum atomic E-state index is 11.0. The van der Waals surface area contributed by atoms with Crippen LogP contribution in [0.3, 0.4) is 0 Å². The Kier molecular flexibility index (Phi) is 6.39. The molecule has 0 aliphatic carbocycles. The Labute approximate surface area is 88.8 Å². The molecule has 3 heteroatoms. The zero-order valence-corrected chi connectivity index (χ0v) is 10.1. The Balaban J connectivity index is 4.08. The summed E-state index contributed by atoms with van der Waals surface area (Å²) in [6.07, 6.45) is 5.51. The van der Waals surface area contributed by atoms with E-state index in [9.17, 15) is 4.79 Å². The number of hydrogen-bond acceptors (Lipinski definition) is 1. The van der Waals surface area contributed by atoms with Gasteiger partial charge >= 0.3 is 5.97 Å². The summed E-state index contributed by atoms with van der Waals surface area (Å²) in [6.45, 7) is 4.16. The number of carboxylic acid groups (broad SMARTS) is 1. The van der Waals surface area contributed by atoms with Crippen molar-refractivity contribution in [3.63, 3.8) is 0 Å². The third-order valence-corrected chi connectivity index (χ3v) is 3.37. The van der Waals surface area contributed by atoms with Gasteiger partial charge in [-0.05, 0) is 12.8 Å². The normalized spacial score (nSPS) is 11.6. The molecule has 13 heavy (non-hydrogen) atoms. The lowest BCUT2D eigenvalue weighted by Gasteiger charge is -2.22. The molecule has 0 amide bonds. The van der Waals surface area contributed by atoms with Crippen LogP contribution >= 0.6 is 15.9 Å². The van der Waals surface area contributed by atoms with Gasteiger partial charge in [-0.3, -0.25) is 4.79 Å². The van der Waals surface area contributed by atoms with Crippen molar-refractivity contribution in [3.8, 4) is 0 Å². The van der Waals surface area contributed by atoms with Crippen LogP contribution < -0.4 is 0 Å². The summed E-state index contributed by atoms with van der Waals surface area (Å²) in [5, 5.41) is 9.04. The third-order valence-electron chi connectivity index (χ3n) is 2.24. The van der Waals surface area contributed by atoms with Crippen LogP contribution in [0.2, 0.25) is 0 Å². The summed E-state index contributed by atoms with van der Waals surface area (Å²) in [7, 11) is 0. The number of aliphatic carboxylic acids is 1. The maximum Gasteiger partial charge on any atom is 0.320 e. The molecule has 2 nitrogen and oxygen atoms in total. The number of rotatable bonds is 7. The minimum atomic E-state index is -0.714. The SMILES string of the molecule is CCCCC(Br)(CCCC)C(=O)O. The fourth-order valence-corrected chi connectivity index (χ4v) is 1.81. The summed E-state index contributed by atoms with van der Waals surface area (Å²) in [6, 6.07) is 0. The van der Waals surface area contributed by atoms with Crippen molar-refractivity contribution in [2.75, 3.05) is 0 Å². The van der Waals surface area contributed by atoms with Crippen LogP contribution in [0, 0.1) is 0 Å². The van der Waals surface area contributed by atoms with E-state index in [4.69, 9.17) is 5.11 Å². The van der Waals surface area contributed by atoms with Crippen LogP contribution in [-0.2, 0) is 4.79 Å². The average molecular weight is 251 g/mol. The van der Waals surface area contributed by atoms with Crippen molar-refractivity contribution in [3.05, 3.63) is 0 Å². The van der Waals surface area contributed by atoms with Crippen LogP contribution in [0.4, 0.5) is 0 Å². The van der Waals surface area contributed by atoms with Gasteiger partial charge in [-0.25, -0.2) is 0 Å². The molecule has 0 spiro atoms. The van der Waals surface area contributed by atoms with Crippen molar-refractivity contribution in [2.45, 2.75) is 56.7 Å². The van der Waals surface area contributed by atoms with Crippen LogP contribution in [0.25, 0.3) is 0 Å². The van der Waals surface area contributed by atoms with Gasteiger partial charge in [0.05, 0.1) is 0 Å². The standard InChI is InChI=1S/C10H19BrO2/c1-3-5-7-10(11,9(12)13)8-6-4-2/h3-8H2,1-2H3,(H,12,13). The molecule has 1 N–H and O–H groups in total. The third kappa shape index (κ3) is 4.65. The van der Waals surface area contributed by atoms with Crippen molar-refractivity contribution in [1.82, 2.24) is 0 Å². The van der Waals surface area contributed by atoms with Crippen LogP contribution in [-0.4, -0.2) is 15.4 Å². The molecule has 0 aromatic carbocycles. The van der Waals surface area contributed by atoms with Crippen LogP contribution in [0.15, 0.2) is 0 Å². The highest BCUT2D eigenvalue weighted by Crippen LogP contribution is 2.31. The summed E-state index contributed by atoms with van der Waals surface area (Å²) in [4.78, 5) is 11.0. The van der Waals surface area contributed by atoms with E-state index >= 15 is 0 Å². The summed E-state index contributed by atoms with van der Waals surface area (Å²) in [5.41, 5.74) is 0. The zero-order valence-electron chi connectivity index (χ0n) is 8.48. The first-order valence-electron chi connectivity index (χ1n) is 4.99. The molecule has 0 rings (SSSR count). The Morgan fingerprint density at radius 1 is 1.23 bits per heavy atom. The van der Waals surface area contributed by atoms with Gasteiger partial charge in [-0.1, -0.05) is 55.5 Å². The maximum absolute atomic E-state index is 11.0. The first-order chi connectivity index (χ1) is 6.06. The molecule has 0 heterocycles. The van der Waals surface area contributed by atoms with Gasteiger partial charge in [-0.2, -0.15) is 0 Å². The largest absolute Gasteiger partial charge is 0.480 e. The molecule has 0 aromatic heterocycles. The molecule has 0 fully saturated rings. The number of unbranched alkanes of at least 4 members (excludes halogenated alkanes) is 2. The lowest BCUT2D eigenvalue weighted by molar-refractivity contribution is -0.140. The Bertz CT molecular complexity index is 149. The molecule has 0 unspecified atom stereocenters. The van der Waals surface area contributed by atoms with E-state index < -0.39 is 10.3 Å². The smallest absolute Gasteiger partial charge is 0.320 e. The van der Waals surface area contributed by atoms with Crippen LogP contribution in [0.5, 0.6) is 0 Å². The number of halogens is 1. The van der Waals surface area contributed by atoms with E-state index in [-0.39, 0.29) is 0 Å². The van der Waals surface area contributed by atoms with Crippen molar-refractivity contribution >= 4 is 21.9 Å². The Hall–Kier alpha value is -0.0500. The Morgan fingerprint density at radius 2 is 1.62 bits per heavy atom. The summed E-state index contributed by atoms with van der Waals surface area (Å²) in [5.74, 6) is -0.714. The highest BCUT2D eigenvalue weighted by Gasteiger charge is 2.33. The van der Waals surface area contributed by atoms with Gasteiger partial charge < -0.3 is 5.11 Å². The number of hydrogen-bond donors (Lipinski definition) is 1. The molecule has 0 aliphatic heterocycles. The van der Waals surface area contributed by atoms with Gasteiger partial charge in [0.2, 0.25) is 0 Å². The second-order valence-electron chi connectivity index (χ2n) is 3.48. The molecule has 0 atom stereocenters. The molecular weight excluding hydrogens is 232 g/mol. The van der Waals surface area contributed by atoms with Crippen molar-refractivity contribution in [1.29, 1.82) is 0 Å². The van der Waals surface area contributed by atoms with Gasteiger partial charge in [0, 0.05) is 0 Å². The van der Waals surface area contributed by atoms with Gasteiger partial charge in [0.1, 0.15) is 4.32 Å². The number of alkyl halides is 1. The predicted octanol–water partition coefficient (Wildman–Crippen LogP) is 3.59. The lowest BCUT2D eigenvalue weighted by atomic mass is 9.96. The van der Waals surface area contributed by atoms with E-state index in [2.05, 4.69) is 29.8 Å². The van der Waals surface area contributed by atoms with Crippen molar-refractivity contribution in [2.24, 2.45) is 0 Å². The quantitative estimate of drug-likeness (QED) is 0.702. The van der Waals surface area contributed by atoms with Crippen LogP contribution in [0.1, 0.15) is 52.4 Å². The number of carbonyl (C=O) groups is 1. The van der Waals surface area contributed by atoms with Crippen molar-refractivity contribution < 1.29 is 9.90 Å². The fraction of sp³-hybridized carbons (Fsp3) is 0.900. The minimum absolute atomic E-state index is 0.668. The zero-order chi connectivity index (χ0) is 10.3. The topological polar surface area (TPSA) is 37.3 Å². The van der Waals surface area contributed by atoms with Gasteiger partial charge in [0.25, 0.3) is 0 Å². The van der Waals surface area contributed by atoms with E-state index in [0.717, 1.165) is 38.5 Å². The predicted molar refractivity (Wildman–Crippen MR) is 58.3 cm³/mol. The first kappa shape index (κ1) is 12.9. The van der Waals surface area contributed by atoms with Gasteiger partial charge in [-0.15, -0.1) is 0 Å². The molecule has 0 radical (unpaired) electrons. The van der Waals surface area contributed by atoms with E-state index in [1.165, 1.54) is 0 Å². The fourth-order valence-electron chi connectivity index (χ4n) is 1.25. The average Bonchev–Trinajstić information content (AvgIpc) is 2.11. The second-order valence-corrected chi connectivity index (χ2v) is 5.00. The molecule has 78 valence electrons. The molecule has 0 aliphatic rings. The Morgan fingerprint density at radius 3 is 1.85 bits per heavy atom. The molecule has 0 saturated carbocycles. The van der Waals surface area contributed by atoms with E-state index in [0.29, 0.717) is 0 Å². The van der Waals surface area contributed by atoms with E-state index in [1.807, 2.05) is 0 Å². The van der Waals surface area contributed by atoms with Gasteiger partial charge in [0.15, 0.2) is 0 Å². The summed E-state index contributed by atoms with van der Waals surface area (Å²) >= 11 is 3.35. The molecule has 0 aromatic rings. The van der Waals surface area contributed by atoms with E-state index in [1.54, 1.807) is 0 Å². The highest BCUT2D eigenvalue weighted by molar-refractivity contribution is 9.10. The first-order valence-corrected chi connectivity index (χ1v) is 5.78. The summed E-state index contributed by atoms with van der Waals surface area (Å²) < 4.78 is -0.668. The molecule has 0 saturated heterocycles. The second kappa shape index (κ2) is 6.41. The highest BCUT2D eigenvalue weighted by atomic mass is 79.9. The minimum Gasteiger partial charge on any atom is -0.480 e.